The zero-order valence-electron chi connectivity index (χ0n) is 13.5. The number of carbonyl (C=O) groups is 2. The summed E-state index contributed by atoms with van der Waals surface area (Å²) >= 11 is 0. The first-order valence-corrected chi connectivity index (χ1v) is 7.72. The molecule has 0 saturated heterocycles. The number of hydrogen-bond donors (Lipinski definition) is 1. The summed E-state index contributed by atoms with van der Waals surface area (Å²) in [5, 5.41) is 2.24. The molecular weight excluding hydrogens is 330 g/mol. The van der Waals surface area contributed by atoms with Gasteiger partial charge in [-0.25, -0.2) is 8.78 Å². The van der Waals surface area contributed by atoms with Gasteiger partial charge < -0.3 is 15.0 Å². The van der Waals surface area contributed by atoms with Gasteiger partial charge in [0.15, 0.2) is 0 Å². The predicted octanol–water partition coefficient (Wildman–Crippen LogP) is 2.89. The Labute approximate surface area is 143 Å². The molecule has 0 fully saturated rings. The Morgan fingerprint density at radius 3 is 2.68 bits per heavy atom. The number of fused-ring (bicyclic) bond motifs is 1. The van der Waals surface area contributed by atoms with E-state index in [1.807, 2.05) is 0 Å². The van der Waals surface area contributed by atoms with Gasteiger partial charge in [-0.15, -0.1) is 0 Å². The van der Waals surface area contributed by atoms with Gasteiger partial charge in [-0.05, 0) is 29.8 Å². The van der Waals surface area contributed by atoms with Gasteiger partial charge in [0, 0.05) is 7.05 Å². The number of anilines is 2. The van der Waals surface area contributed by atoms with Crippen LogP contribution < -0.4 is 15.0 Å². The van der Waals surface area contributed by atoms with E-state index in [4.69, 9.17) is 4.74 Å². The monoisotopic (exact) mass is 346 g/mol. The first-order valence-electron chi connectivity index (χ1n) is 7.72. The molecule has 2 aromatic rings. The predicted molar refractivity (Wildman–Crippen MR) is 88.7 cm³/mol. The third-order valence-corrected chi connectivity index (χ3v) is 3.92. The lowest BCUT2D eigenvalue weighted by Crippen LogP contribution is -2.25. The van der Waals surface area contributed by atoms with Gasteiger partial charge in [0.25, 0.3) is 0 Å². The zero-order chi connectivity index (χ0) is 18.0. The molecule has 3 rings (SSSR count). The molecular formula is C18H16F2N2O3. The molecule has 0 radical (unpaired) electrons. The van der Waals surface area contributed by atoms with Crippen LogP contribution in [0.15, 0.2) is 36.4 Å². The van der Waals surface area contributed by atoms with E-state index in [2.05, 4.69) is 5.32 Å². The summed E-state index contributed by atoms with van der Waals surface area (Å²) in [6, 6.07) is 8.38. The third-order valence-electron chi connectivity index (χ3n) is 3.92. The molecule has 0 spiro atoms. The van der Waals surface area contributed by atoms with Crippen LogP contribution in [0.3, 0.4) is 0 Å². The van der Waals surface area contributed by atoms with Crippen molar-refractivity contribution in [1.82, 2.24) is 0 Å². The molecule has 0 aromatic heterocycles. The fraction of sp³-hybridized carbons (Fsp3) is 0.222. The van der Waals surface area contributed by atoms with Crippen molar-refractivity contribution in [3.8, 4) is 5.75 Å². The molecule has 0 aliphatic carbocycles. The quantitative estimate of drug-likeness (QED) is 0.930. The van der Waals surface area contributed by atoms with Gasteiger partial charge in [-0.3, -0.25) is 9.59 Å². The fourth-order valence-corrected chi connectivity index (χ4v) is 2.59. The van der Waals surface area contributed by atoms with Gasteiger partial charge >= 0.3 is 0 Å². The number of rotatable bonds is 3. The average Bonchev–Trinajstić information content (AvgIpc) is 2.71. The van der Waals surface area contributed by atoms with Crippen LogP contribution in [-0.4, -0.2) is 25.5 Å². The van der Waals surface area contributed by atoms with E-state index in [1.54, 1.807) is 25.2 Å². The number of amides is 2. The smallest absolute Gasteiger partial charge is 0.230 e. The maximum Gasteiger partial charge on any atom is 0.230 e. The molecule has 25 heavy (non-hydrogen) atoms. The summed E-state index contributed by atoms with van der Waals surface area (Å²) < 4.78 is 32.7. The standard InChI is InChI=1S/C18H16F2N2O3/c1-22-14-9-11(5-6-15(14)25-8-7-17(22)24)10-16(23)21-18-12(19)3-2-4-13(18)20/h2-6,9H,7-8,10H2,1H3,(H,21,23). The number of nitrogens with zero attached hydrogens (tertiary/aromatic N) is 1. The molecule has 1 aliphatic rings. The van der Waals surface area contributed by atoms with E-state index >= 15 is 0 Å². The van der Waals surface area contributed by atoms with E-state index in [1.165, 1.54) is 11.0 Å². The lowest BCUT2D eigenvalue weighted by molar-refractivity contribution is -0.118. The largest absolute Gasteiger partial charge is 0.491 e. The van der Waals surface area contributed by atoms with E-state index in [9.17, 15) is 18.4 Å². The van der Waals surface area contributed by atoms with Crippen LogP contribution in [0.4, 0.5) is 20.2 Å². The molecule has 130 valence electrons. The van der Waals surface area contributed by atoms with Crippen molar-refractivity contribution in [2.75, 3.05) is 23.9 Å². The third kappa shape index (κ3) is 3.60. The van der Waals surface area contributed by atoms with Crippen LogP contribution in [0.1, 0.15) is 12.0 Å². The van der Waals surface area contributed by atoms with E-state index in [-0.39, 0.29) is 18.7 Å². The van der Waals surface area contributed by atoms with Gasteiger partial charge in [0.1, 0.15) is 23.1 Å². The van der Waals surface area contributed by atoms with Crippen molar-refractivity contribution in [2.45, 2.75) is 12.8 Å². The Balaban J connectivity index is 1.78. The maximum absolute atomic E-state index is 13.6. The molecule has 1 aliphatic heterocycles. The Hall–Kier alpha value is -2.96. The van der Waals surface area contributed by atoms with Crippen LogP contribution >= 0.6 is 0 Å². The SMILES string of the molecule is CN1C(=O)CCOc2ccc(CC(=O)Nc3c(F)cccc3F)cc21. The molecule has 1 heterocycles. The lowest BCUT2D eigenvalue weighted by Gasteiger charge is -2.17. The Kier molecular flexibility index (Phi) is 4.65. The highest BCUT2D eigenvalue weighted by Crippen LogP contribution is 2.31. The second-order valence-corrected chi connectivity index (χ2v) is 5.67. The highest BCUT2D eigenvalue weighted by atomic mass is 19.1. The molecule has 0 unspecified atom stereocenters. The van der Waals surface area contributed by atoms with Crippen LogP contribution in [0, 0.1) is 11.6 Å². The highest BCUT2D eigenvalue weighted by Gasteiger charge is 2.21. The van der Waals surface area contributed by atoms with E-state index in [0.717, 1.165) is 12.1 Å². The molecule has 2 amide bonds. The Morgan fingerprint density at radius 2 is 1.96 bits per heavy atom. The zero-order valence-corrected chi connectivity index (χ0v) is 13.5. The molecule has 0 bridgehead atoms. The van der Waals surface area contributed by atoms with Crippen molar-refractivity contribution in [1.29, 1.82) is 0 Å². The number of para-hydroxylation sites is 1. The van der Waals surface area contributed by atoms with Crippen LogP contribution in [-0.2, 0) is 16.0 Å². The summed E-state index contributed by atoms with van der Waals surface area (Å²) in [4.78, 5) is 25.5. The van der Waals surface area contributed by atoms with Crippen molar-refractivity contribution in [3.05, 3.63) is 53.6 Å². The van der Waals surface area contributed by atoms with Crippen molar-refractivity contribution >= 4 is 23.2 Å². The van der Waals surface area contributed by atoms with Gasteiger partial charge in [0.05, 0.1) is 25.1 Å². The number of ether oxygens (including phenoxy) is 1. The first-order chi connectivity index (χ1) is 12.0. The summed E-state index contributed by atoms with van der Waals surface area (Å²) in [5.41, 5.74) is 0.681. The fourth-order valence-electron chi connectivity index (χ4n) is 2.59. The second kappa shape index (κ2) is 6.88. The topological polar surface area (TPSA) is 58.6 Å². The molecule has 1 N–H and O–H groups in total. The lowest BCUT2D eigenvalue weighted by atomic mass is 10.1. The molecule has 7 heteroatoms. The van der Waals surface area contributed by atoms with Crippen molar-refractivity contribution in [2.24, 2.45) is 0 Å². The molecule has 0 saturated carbocycles. The van der Waals surface area contributed by atoms with Crippen LogP contribution in [0.5, 0.6) is 5.75 Å². The van der Waals surface area contributed by atoms with Gasteiger partial charge in [0.2, 0.25) is 11.8 Å². The van der Waals surface area contributed by atoms with E-state index < -0.39 is 23.2 Å². The Bertz CT molecular complexity index is 819. The van der Waals surface area contributed by atoms with Crippen LogP contribution in [0.2, 0.25) is 0 Å². The van der Waals surface area contributed by atoms with E-state index in [0.29, 0.717) is 23.6 Å². The van der Waals surface area contributed by atoms with Crippen LogP contribution in [0.25, 0.3) is 0 Å². The Morgan fingerprint density at radius 1 is 1.24 bits per heavy atom. The summed E-state index contributed by atoms with van der Waals surface area (Å²) in [6.07, 6.45) is 0.177. The maximum atomic E-state index is 13.6. The normalized spacial score (nSPS) is 13.7. The number of hydrogen-bond acceptors (Lipinski definition) is 3. The summed E-state index contributed by atoms with van der Waals surface area (Å²) in [6.45, 7) is 0.294. The second-order valence-electron chi connectivity index (χ2n) is 5.67. The van der Waals surface area contributed by atoms with Gasteiger partial charge in [-0.2, -0.15) is 0 Å². The minimum absolute atomic E-state index is 0.0891. The minimum Gasteiger partial charge on any atom is -0.491 e. The summed E-state index contributed by atoms with van der Waals surface area (Å²) in [5.74, 6) is -1.78. The van der Waals surface area contributed by atoms with Crippen molar-refractivity contribution < 1.29 is 23.1 Å². The van der Waals surface area contributed by atoms with Crippen molar-refractivity contribution in [3.63, 3.8) is 0 Å². The molecule has 0 atom stereocenters. The number of benzene rings is 2. The highest BCUT2D eigenvalue weighted by molar-refractivity contribution is 5.96. The average molecular weight is 346 g/mol. The number of carbonyl (C=O) groups excluding carboxylic acids is 2. The molecule has 5 nitrogen and oxygen atoms in total. The minimum atomic E-state index is -0.839. The first kappa shape index (κ1) is 16.9. The molecule has 2 aromatic carbocycles. The number of nitrogens with one attached hydrogen (secondary N) is 1. The number of halogens is 2. The van der Waals surface area contributed by atoms with Gasteiger partial charge in [-0.1, -0.05) is 12.1 Å². The summed E-state index contributed by atoms with van der Waals surface area (Å²) in [7, 11) is 1.63.